The third-order valence-electron chi connectivity index (χ3n) is 3.27. The highest BCUT2D eigenvalue weighted by molar-refractivity contribution is 8.00. The average molecular weight is 298 g/mol. The molecule has 104 valence electrons. The molecule has 0 aromatic heterocycles. The Morgan fingerprint density at radius 3 is 2.19 bits per heavy atom. The molecular formula is C16H10O4S. The first-order chi connectivity index (χ1) is 10.1. The zero-order valence-electron chi connectivity index (χ0n) is 10.8. The van der Waals surface area contributed by atoms with E-state index in [1.165, 1.54) is 0 Å². The molecule has 0 radical (unpaired) electrons. The number of benzene rings is 2. The van der Waals surface area contributed by atoms with Crippen molar-refractivity contribution in [1.82, 2.24) is 0 Å². The van der Waals surface area contributed by atoms with Gasteiger partial charge in [-0.2, -0.15) is 0 Å². The number of thioether (sulfide) groups is 1. The Balaban J connectivity index is 2.14. The van der Waals surface area contributed by atoms with Crippen molar-refractivity contribution in [1.29, 1.82) is 0 Å². The smallest absolute Gasteiger partial charge is 0.313 e. The number of aliphatic carboxylic acids is 1. The maximum Gasteiger partial charge on any atom is 0.313 e. The summed E-state index contributed by atoms with van der Waals surface area (Å²) in [5, 5.41) is 8.78. The molecule has 0 spiro atoms. The fraction of sp³-hybridized carbons (Fsp3) is 0.0625. The molecule has 1 aliphatic carbocycles. The van der Waals surface area contributed by atoms with Crippen molar-refractivity contribution >= 4 is 29.3 Å². The van der Waals surface area contributed by atoms with Crippen LogP contribution in [0, 0.1) is 0 Å². The molecule has 0 bridgehead atoms. The van der Waals surface area contributed by atoms with Gasteiger partial charge in [0.1, 0.15) is 0 Å². The standard InChI is InChI=1S/C16H10O4S/c17-13(18)8-21-12-7-3-6-11-14(12)16(20)10-5-2-1-4-9(10)15(11)19/h1-7H,8H2,(H,17,18). The number of carbonyl (C=O) groups is 3. The van der Waals surface area contributed by atoms with Crippen LogP contribution in [-0.2, 0) is 4.79 Å². The van der Waals surface area contributed by atoms with E-state index in [4.69, 9.17) is 5.11 Å². The number of carbonyl (C=O) groups excluding carboxylic acids is 2. The highest BCUT2D eigenvalue weighted by Crippen LogP contribution is 2.33. The molecule has 1 aliphatic rings. The van der Waals surface area contributed by atoms with E-state index in [1.54, 1.807) is 42.5 Å². The molecular weight excluding hydrogens is 288 g/mol. The molecule has 1 N–H and O–H groups in total. The summed E-state index contributed by atoms with van der Waals surface area (Å²) in [7, 11) is 0. The van der Waals surface area contributed by atoms with Crippen molar-refractivity contribution in [2.75, 3.05) is 5.75 Å². The predicted molar refractivity (Wildman–Crippen MR) is 78.1 cm³/mol. The maximum absolute atomic E-state index is 12.6. The molecule has 2 aromatic carbocycles. The highest BCUT2D eigenvalue weighted by Gasteiger charge is 2.31. The minimum atomic E-state index is -0.965. The summed E-state index contributed by atoms with van der Waals surface area (Å²) in [6.07, 6.45) is 0. The Labute approximate surface area is 124 Å². The second kappa shape index (κ2) is 5.18. The van der Waals surface area contributed by atoms with Crippen molar-refractivity contribution in [3.05, 3.63) is 64.7 Å². The van der Waals surface area contributed by atoms with Gasteiger partial charge < -0.3 is 5.11 Å². The van der Waals surface area contributed by atoms with E-state index in [2.05, 4.69) is 0 Å². The van der Waals surface area contributed by atoms with Gasteiger partial charge in [-0.15, -0.1) is 11.8 Å². The Kier molecular flexibility index (Phi) is 3.35. The van der Waals surface area contributed by atoms with Gasteiger partial charge in [0.2, 0.25) is 0 Å². The topological polar surface area (TPSA) is 71.4 Å². The van der Waals surface area contributed by atoms with Gasteiger partial charge in [-0.3, -0.25) is 14.4 Å². The van der Waals surface area contributed by atoms with E-state index in [1.807, 2.05) is 0 Å². The van der Waals surface area contributed by atoms with Crippen LogP contribution < -0.4 is 0 Å². The molecule has 0 amide bonds. The second-order valence-corrected chi connectivity index (χ2v) is 5.58. The molecule has 21 heavy (non-hydrogen) atoms. The fourth-order valence-corrected chi connectivity index (χ4v) is 3.17. The van der Waals surface area contributed by atoms with E-state index < -0.39 is 5.97 Å². The third-order valence-corrected chi connectivity index (χ3v) is 4.31. The van der Waals surface area contributed by atoms with Gasteiger partial charge in [-0.25, -0.2) is 0 Å². The quantitative estimate of drug-likeness (QED) is 0.753. The Hall–Kier alpha value is -2.40. The summed E-state index contributed by atoms with van der Waals surface area (Å²) in [6.45, 7) is 0. The van der Waals surface area contributed by atoms with Gasteiger partial charge >= 0.3 is 5.97 Å². The predicted octanol–water partition coefficient (Wildman–Crippen LogP) is 2.64. The van der Waals surface area contributed by atoms with Crippen LogP contribution in [0.1, 0.15) is 31.8 Å². The largest absolute Gasteiger partial charge is 0.481 e. The van der Waals surface area contributed by atoms with E-state index in [0.29, 0.717) is 27.1 Å². The zero-order chi connectivity index (χ0) is 15.0. The first kappa shape index (κ1) is 13.6. The van der Waals surface area contributed by atoms with Crippen LogP contribution in [0.25, 0.3) is 0 Å². The van der Waals surface area contributed by atoms with Crippen LogP contribution >= 0.6 is 11.8 Å². The Bertz CT molecular complexity index is 780. The highest BCUT2D eigenvalue weighted by atomic mass is 32.2. The molecule has 4 nitrogen and oxygen atoms in total. The van der Waals surface area contributed by atoms with Gasteiger partial charge in [0.05, 0.1) is 5.75 Å². The normalized spacial score (nSPS) is 12.8. The Morgan fingerprint density at radius 1 is 0.905 bits per heavy atom. The summed E-state index contributed by atoms with van der Waals surface area (Å²) in [4.78, 5) is 36.3. The number of fused-ring (bicyclic) bond motifs is 2. The minimum absolute atomic E-state index is 0.153. The van der Waals surface area contributed by atoms with E-state index in [9.17, 15) is 14.4 Å². The van der Waals surface area contributed by atoms with Crippen molar-refractivity contribution in [3.8, 4) is 0 Å². The number of hydrogen-bond acceptors (Lipinski definition) is 4. The molecule has 0 saturated heterocycles. The molecule has 0 saturated carbocycles. The van der Waals surface area contributed by atoms with Gasteiger partial charge in [0.15, 0.2) is 11.6 Å². The minimum Gasteiger partial charge on any atom is -0.481 e. The molecule has 5 heteroatoms. The van der Waals surface area contributed by atoms with Crippen LogP contribution in [-0.4, -0.2) is 28.4 Å². The number of rotatable bonds is 3. The zero-order valence-corrected chi connectivity index (χ0v) is 11.6. The van der Waals surface area contributed by atoms with Crippen molar-refractivity contribution in [2.24, 2.45) is 0 Å². The molecule has 2 aromatic rings. The van der Waals surface area contributed by atoms with Gasteiger partial charge in [-0.05, 0) is 6.07 Å². The van der Waals surface area contributed by atoms with Crippen LogP contribution in [0.4, 0.5) is 0 Å². The van der Waals surface area contributed by atoms with Gasteiger partial charge in [0.25, 0.3) is 0 Å². The lowest BCUT2D eigenvalue weighted by atomic mass is 9.84. The molecule has 3 rings (SSSR count). The van der Waals surface area contributed by atoms with Gasteiger partial charge in [0, 0.05) is 27.1 Å². The maximum atomic E-state index is 12.6. The van der Waals surface area contributed by atoms with Crippen LogP contribution in [0.15, 0.2) is 47.4 Å². The fourth-order valence-electron chi connectivity index (χ4n) is 2.37. The first-order valence-electron chi connectivity index (χ1n) is 6.25. The number of hydrogen-bond donors (Lipinski definition) is 1. The van der Waals surface area contributed by atoms with E-state index >= 15 is 0 Å². The van der Waals surface area contributed by atoms with Crippen LogP contribution in [0.2, 0.25) is 0 Å². The summed E-state index contributed by atoms with van der Waals surface area (Å²) in [5.74, 6) is -1.54. The van der Waals surface area contributed by atoms with Crippen molar-refractivity contribution < 1.29 is 19.5 Å². The molecule has 0 unspecified atom stereocenters. The average Bonchev–Trinajstić information content (AvgIpc) is 2.50. The summed E-state index contributed by atoms with van der Waals surface area (Å²) < 4.78 is 0. The molecule has 0 heterocycles. The van der Waals surface area contributed by atoms with E-state index in [-0.39, 0.29) is 17.3 Å². The lowest BCUT2D eigenvalue weighted by Crippen LogP contribution is -2.21. The number of carboxylic acid groups (broad SMARTS) is 1. The lowest BCUT2D eigenvalue weighted by molar-refractivity contribution is -0.133. The lowest BCUT2D eigenvalue weighted by Gasteiger charge is -2.19. The van der Waals surface area contributed by atoms with Crippen molar-refractivity contribution in [2.45, 2.75) is 4.90 Å². The number of carboxylic acids is 1. The van der Waals surface area contributed by atoms with Gasteiger partial charge in [-0.1, -0.05) is 36.4 Å². The molecule has 0 aliphatic heterocycles. The monoisotopic (exact) mass is 298 g/mol. The number of ketones is 2. The van der Waals surface area contributed by atoms with Crippen molar-refractivity contribution in [3.63, 3.8) is 0 Å². The second-order valence-electron chi connectivity index (χ2n) is 4.56. The summed E-state index contributed by atoms with van der Waals surface area (Å²) in [6, 6.07) is 11.6. The third kappa shape index (κ3) is 2.25. The van der Waals surface area contributed by atoms with Crippen LogP contribution in [0.3, 0.4) is 0 Å². The SMILES string of the molecule is O=C(O)CSc1cccc2c1C(=O)c1ccccc1C2=O. The summed E-state index contributed by atoms with van der Waals surface area (Å²) >= 11 is 1.05. The van der Waals surface area contributed by atoms with Crippen LogP contribution in [0.5, 0.6) is 0 Å². The Morgan fingerprint density at radius 2 is 1.52 bits per heavy atom. The summed E-state index contributed by atoms with van der Waals surface area (Å²) in [5.41, 5.74) is 1.43. The molecule has 0 fully saturated rings. The van der Waals surface area contributed by atoms with E-state index in [0.717, 1.165) is 11.8 Å². The first-order valence-corrected chi connectivity index (χ1v) is 7.24. The molecule has 0 atom stereocenters.